The van der Waals surface area contributed by atoms with Crippen molar-refractivity contribution in [1.82, 2.24) is 0 Å². The number of aliphatic hydroxyl groups excluding tert-OH is 2. The smallest absolute Gasteiger partial charge is 0.387 e. The highest BCUT2D eigenvalue weighted by Gasteiger charge is 2.88. The molecule has 3 N–H and O–H groups in total. The van der Waals surface area contributed by atoms with Gasteiger partial charge in [0.1, 0.15) is 24.4 Å². The molecule has 0 radical (unpaired) electrons. The highest BCUT2D eigenvalue weighted by atomic mass is 19.4. The van der Waals surface area contributed by atoms with E-state index in [0.29, 0.717) is 0 Å². The number of aliphatic hydroxyl groups is 3. The molecule has 28 heavy (non-hydrogen) atoms. The molecule has 166 valence electrons. The third-order valence-corrected chi connectivity index (χ3v) is 4.37. The Bertz CT molecular complexity index is 608. The molecular formula is C13H15F9O6. The van der Waals surface area contributed by atoms with Crippen LogP contribution >= 0.6 is 0 Å². The Morgan fingerprint density at radius 1 is 0.857 bits per heavy atom. The maximum atomic E-state index is 14.2. The van der Waals surface area contributed by atoms with Crippen molar-refractivity contribution >= 4 is 0 Å². The van der Waals surface area contributed by atoms with E-state index < -0.39 is 66.5 Å². The quantitative estimate of drug-likeness (QED) is 0.578. The summed E-state index contributed by atoms with van der Waals surface area (Å²) in [7, 11) is 0. The monoisotopic (exact) mass is 438 g/mol. The van der Waals surface area contributed by atoms with Gasteiger partial charge in [0.2, 0.25) is 0 Å². The summed E-state index contributed by atoms with van der Waals surface area (Å²) in [5.74, 6) is -27.9. The number of halogens is 9. The van der Waals surface area contributed by atoms with Crippen LogP contribution in [0.1, 0.15) is 13.8 Å². The van der Waals surface area contributed by atoms with Gasteiger partial charge in [-0.05, 0) is 13.8 Å². The number of ether oxygens (including phenoxy) is 3. The van der Waals surface area contributed by atoms with Crippen molar-refractivity contribution in [3.8, 4) is 0 Å². The minimum absolute atomic E-state index is 0.818. The SMILES string of the molecule is CC1(C)OC[C@H]2O[C@@](O)(C(F)(F)C(F)(F)C(F)(F)C(F)(F)F)[C@H](O)[C@@H](O)[C@@H]2O1. The Labute approximate surface area is 150 Å². The number of alkyl halides is 9. The van der Waals surface area contributed by atoms with Gasteiger partial charge in [-0.25, -0.2) is 0 Å². The lowest BCUT2D eigenvalue weighted by molar-refractivity contribution is -0.489. The summed E-state index contributed by atoms with van der Waals surface area (Å²) >= 11 is 0. The van der Waals surface area contributed by atoms with Crippen molar-refractivity contribution in [2.24, 2.45) is 0 Å². The maximum absolute atomic E-state index is 14.2. The normalized spacial score (nSPS) is 37.5. The van der Waals surface area contributed by atoms with Crippen molar-refractivity contribution in [3.05, 3.63) is 0 Å². The molecule has 0 spiro atoms. The molecule has 2 aliphatic heterocycles. The molecule has 2 aliphatic rings. The van der Waals surface area contributed by atoms with Crippen molar-refractivity contribution in [1.29, 1.82) is 0 Å². The molecule has 0 amide bonds. The Morgan fingerprint density at radius 2 is 1.36 bits per heavy atom. The first kappa shape index (κ1) is 23.4. The minimum Gasteiger partial charge on any atom is -0.387 e. The molecule has 0 aromatic heterocycles. The highest BCUT2D eigenvalue weighted by molar-refractivity contribution is 5.12. The van der Waals surface area contributed by atoms with E-state index in [9.17, 15) is 54.8 Å². The zero-order valence-corrected chi connectivity index (χ0v) is 14.0. The lowest BCUT2D eigenvalue weighted by Crippen LogP contribution is -2.79. The van der Waals surface area contributed by atoms with Gasteiger partial charge >= 0.3 is 23.9 Å². The van der Waals surface area contributed by atoms with E-state index in [4.69, 9.17) is 9.47 Å². The molecule has 0 saturated carbocycles. The maximum Gasteiger partial charge on any atom is 0.460 e. The topological polar surface area (TPSA) is 88.4 Å². The summed E-state index contributed by atoms with van der Waals surface area (Å²) in [5.41, 5.74) is 0. The number of hydrogen-bond donors (Lipinski definition) is 3. The van der Waals surface area contributed by atoms with Gasteiger partial charge in [-0.3, -0.25) is 0 Å². The van der Waals surface area contributed by atoms with E-state index in [-0.39, 0.29) is 0 Å². The first-order valence-electron chi connectivity index (χ1n) is 7.51. The summed E-state index contributed by atoms with van der Waals surface area (Å²) in [5, 5.41) is 29.4. The molecule has 2 heterocycles. The van der Waals surface area contributed by atoms with Crippen LogP contribution in [0.2, 0.25) is 0 Å². The second-order valence-corrected chi connectivity index (χ2v) is 6.80. The van der Waals surface area contributed by atoms with Crippen molar-refractivity contribution in [2.45, 2.75) is 73.8 Å². The molecule has 5 atom stereocenters. The van der Waals surface area contributed by atoms with E-state index in [1.165, 1.54) is 13.8 Å². The Hall–Kier alpha value is -0.870. The van der Waals surface area contributed by atoms with E-state index in [1.807, 2.05) is 0 Å². The van der Waals surface area contributed by atoms with E-state index in [2.05, 4.69) is 4.74 Å². The zero-order valence-electron chi connectivity index (χ0n) is 14.0. The van der Waals surface area contributed by atoms with Crippen LogP contribution in [-0.2, 0) is 14.2 Å². The summed E-state index contributed by atoms with van der Waals surface area (Å²) in [6.45, 7) is 1.70. The molecule has 0 aromatic carbocycles. The van der Waals surface area contributed by atoms with Gasteiger partial charge in [0.05, 0.1) is 6.61 Å². The fraction of sp³-hybridized carbons (Fsp3) is 1.00. The van der Waals surface area contributed by atoms with Gasteiger partial charge < -0.3 is 29.5 Å². The lowest BCUT2D eigenvalue weighted by Gasteiger charge is -2.54. The fourth-order valence-electron chi connectivity index (χ4n) is 2.78. The fourth-order valence-corrected chi connectivity index (χ4v) is 2.78. The summed E-state index contributed by atoms with van der Waals surface area (Å²) in [6.07, 6.45) is -17.0. The van der Waals surface area contributed by atoms with Crippen LogP contribution in [0, 0.1) is 0 Å². The second kappa shape index (κ2) is 6.31. The van der Waals surface area contributed by atoms with E-state index in [1.54, 1.807) is 0 Å². The molecule has 2 rings (SSSR count). The predicted octanol–water partition coefficient (Wildman–Crippen LogP) is 1.42. The molecule has 0 unspecified atom stereocenters. The summed E-state index contributed by atoms with van der Waals surface area (Å²) in [6, 6.07) is 0. The van der Waals surface area contributed by atoms with Gasteiger partial charge in [0.15, 0.2) is 5.79 Å². The van der Waals surface area contributed by atoms with E-state index in [0.717, 1.165) is 0 Å². The number of hydrogen-bond acceptors (Lipinski definition) is 6. The standard InChI is InChI=1S/C13H15F9O6/c1-8(2)26-3-4-6(28-8)5(23)7(24)9(25,27-4)10(14,15)11(16,17)12(18,19)13(20,21)22/h4-7,23-25H,3H2,1-2H3/t4-,5+,6-,7-,9-/m1/s1. The van der Waals surface area contributed by atoms with Crippen LogP contribution in [0.5, 0.6) is 0 Å². The summed E-state index contributed by atoms with van der Waals surface area (Å²) < 4.78 is 133. The van der Waals surface area contributed by atoms with Crippen LogP contribution in [0.4, 0.5) is 39.5 Å². The Morgan fingerprint density at radius 3 is 1.82 bits per heavy atom. The largest absolute Gasteiger partial charge is 0.460 e. The summed E-state index contributed by atoms with van der Waals surface area (Å²) in [4.78, 5) is 0. The predicted molar refractivity (Wildman–Crippen MR) is 67.6 cm³/mol. The third-order valence-electron chi connectivity index (χ3n) is 4.37. The van der Waals surface area contributed by atoms with Gasteiger partial charge in [-0.15, -0.1) is 0 Å². The van der Waals surface area contributed by atoms with Crippen LogP contribution in [0.25, 0.3) is 0 Å². The van der Waals surface area contributed by atoms with Crippen LogP contribution in [0.15, 0.2) is 0 Å². The first-order chi connectivity index (χ1) is 12.2. The molecule has 2 fully saturated rings. The Balaban J connectivity index is 2.47. The molecule has 0 aliphatic carbocycles. The molecule has 15 heteroatoms. The van der Waals surface area contributed by atoms with Crippen molar-refractivity contribution < 1.29 is 69.0 Å². The lowest BCUT2D eigenvalue weighted by atomic mass is 9.84. The minimum atomic E-state index is -7.33. The van der Waals surface area contributed by atoms with Crippen LogP contribution < -0.4 is 0 Å². The average Bonchev–Trinajstić information content (AvgIpc) is 2.52. The van der Waals surface area contributed by atoms with Crippen molar-refractivity contribution in [2.75, 3.05) is 6.61 Å². The van der Waals surface area contributed by atoms with E-state index >= 15 is 0 Å². The molecular weight excluding hydrogens is 423 g/mol. The first-order valence-corrected chi connectivity index (χ1v) is 7.51. The van der Waals surface area contributed by atoms with Crippen LogP contribution in [-0.4, -0.2) is 81.9 Å². The third kappa shape index (κ3) is 3.06. The highest BCUT2D eigenvalue weighted by Crippen LogP contribution is 2.58. The molecule has 2 saturated heterocycles. The molecule has 6 nitrogen and oxygen atoms in total. The average molecular weight is 438 g/mol. The van der Waals surface area contributed by atoms with Gasteiger partial charge in [0.25, 0.3) is 5.79 Å². The Kier molecular flexibility index (Phi) is 5.28. The van der Waals surface area contributed by atoms with Crippen molar-refractivity contribution in [3.63, 3.8) is 0 Å². The zero-order chi connectivity index (χ0) is 22.1. The molecule has 0 bridgehead atoms. The number of rotatable bonds is 3. The van der Waals surface area contributed by atoms with Gasteiger partial charge in [0, 0.05) is 0 Å². The van der Waals surface area contributed by atoms with Gasteiger partial charge in [-0.1, -0.05) is 0 Å². The van der Waals surface area contributed by atoms with Crippen LogP contribution in [0.3, 0.4) is 0 Å². The molecule has 0 aromatic rings. The van der Waals surface area contributed by atoms with Gasteiger partial charge in [-0.2, -0.15) is 39.5 Å². The second-order valence-electron chi connectivity index (χ2n) is 6.80. The number of fused-ring (bicyclic) bond motifs is 1.